The molecule has 0 saturated carbocycles. The molecule has 4 aromatic heterocycles. The van der Waals surface area contributed by atoms with Gasteiger partial charge >= 0.3 is 0 Å². The van der Waals surface area contributed by atoms with Gasteiger partial charge in [-0.1, -0.05) is 48.5 Å². The number of benzene rings is 4. The van der Waals surface area contributed by atoms with E-state index in [2.05, 4.69) is 89.1 Å². The van der Waals surface area contributed by atoms with E-state index < -0.39 is 0 Å². The SMILES string of the molecule is Cc1ccc(-c2ccc3c(c2)c2cccc4c5cc6c(cc5n3c24)oc2ccccc26)nc1. The lowest BCUT2D eigenvalue weighted by atomic mass is 10.0. The predicted octanol–water partition coefficient (Wildman–Crippen LogP) is 8.11. The van der Waals surface area contributed by atoms with E-state index in [0.717, 1.165) is 22.4 Å². The lowest BCUT2D eigenvalue weighted by Crippen LogP contribution is -1.85. The number of nitrogens with zero attached hydrogens (tertiary/aromatic N) is 2. The van der Waals surface area contributed by atoms with E-state index in [0.29, 0.717) is 0 Å². The molecule has 0 bridgehead atoms. The molecule has 4 heterocycles. The Hall–Kier alpha value is -4.37. The van der Waals surface area contributed by atoms with Crippen molar-refractivity contribution >= 4 is 60.0 Å². The highest BCUT2D eigenvalue weighted by molar-refractivity contribution is 6.25. The fourth-order valence-electron chi connectivity index (χ4n) is 5.50. The summed E-state index contributed by atoms with van der Waals surface area (Å²) in [5, 5.41) is 7.40. The van der Waals surface area contributed by atoms with Gasteiger partial charge in [0, 0.05) is 50.1 Å². The fraction of sp³-hybridized carbons (Fsp3) is 0.0333. The fourth-order valence-corrected chi connectivity index (χ4v) is 5.50. The molecule has 0 aliphatic carbocycles. The number of aromatic nitrogens is 2. The van der Waals surface area contributed by atoms with Crippen LogP contribution in [0.15, 0.2) is 95.5 Å². The van der Waals surface area contributed by atoms with Gasteiger partial charge in [0.2, 0.25) is 0 Å². The van der Waals surface area contributed by atoms with E-state index in [1.807, 2.05) is 18.3 Å². The van der Waals surface area contributed by atoms with Crippen LogP contribution in [0, 0.1) is 6.92 Å². The van der Waals surface area contributed by atoms with Crippen LogP contribution in [0.5, 0.6) is 0 Å². The molecule has 0 spiro atoms. The molecule has 0 radical (unpaired) electrons. The molecule has 3 heteroatoms. The van der Waals surface area contributed by atoms with Gasteiger partial charge in [-0.2, -0.15) is 0 Å². The summed E-state index contributed by atoms with van der Waals surface area (Å²) >= 11 is 0. The Balaban J connectivity index is 1.51. The average Bonchev–Trinajstić information content (AvgIpc) is 3.49. The molecule has 0 aliphatic rings. The molecule has 0 saturated heterocycles. The molecule has 154 valence electrons. The second-order valence-corrected chi connectivity index (χ2v) is 8.95. The smallest absolute Gasteiger partial charge is 0.137 e. The van der Waals surface area contributed by atoms with E-state index >= 15 is 0 Å². The van der Waals surface area contributed by atoms with Crippen LogP contribution in [0.4, 0.5) is 0 Å². The number of furan rings is 1. The molecule has 33 heavy (non-hydrogen) atoms. The quantitative estimate of drug-likeness (QED) is 0.267. The summed E-state index contributed by atoms with van der Waals surface area (Å²) in [7, 11) is 0. The standard InChI is InChI=1S/C30H18N2O/c1-17-9-11-25(31-16-17)18-10-12-26-22(13-18)20-6-4-7-21-23-14-24-19-5-2-3-8-28(19)33-29(24)15-27(23)32(26)30(20)21/h2-16H,1H3. The molecule has 8 rings (SSSR count). The zero-order chi connectivity index (χ0) is 21.7. The van der Waals surface area contributed by atoms with Crippen LogP contribution in [0.3, 0.4) is 0 Å². The van der Waals surface area contributed by atoms with Crippen LogP contribution in [-0.4, -0.2) is 9.38 Å². The number of hydrogen-bond donors (Lipinski definition) is 0. The zero-order valence-electron chi connectivity index (χ0n) is 18.0. The Bertz CT molecular complexity index is 2020. The second-order valence-electron chi connectivity index (χ2n) is 8.95. The van der Waals surface area contributed by atoms with Crippen molar-refractivity contribution in [1.29, 1.82) is 0 Å². The first-order valence-electron chi connectivity index (χ1n) is 11.2. The maximum Gasteiger partial charge on any atom is 0.137 e. The van der Waals surface area contributed by atoms with E-state index in [9.17, 15) is 0 Å². The van der Waals surface area contributed by atoms with E-state index in [-0.39, 0.29) is 0 Å². The highest BCUT2D eigenvalue weighted by atomic mass is 16.3. The highest BCUT2D eigenvalue weighted by Crippen LogP contribution is 2.42. The van der Waals surface area contributed by atoms with Crippen LogP contribution < -0.4 is 0 Å². The number of pyridine rings is 1. The Morgan fingerprint density at radius 3 is 2.30 bits per heavy atom. The van der Waals surface area contributed by atoms with Gasteiger partial charge in [0.1, 0.15) is 11.2 Å². The van der Waals surface area contributed by atoms with Gasteiger partial charge in [-0.15, -0.1) is 0 Å². The number of para-hydroxylation sites is 2. The number of hydrogen-bond acceptors (Lipinski definition) is 2. The molecule has 0 N–H and O–H groups in total. The first kappa shape index (κ1) is 17.2. The normalized spacial score (nSPS) is 12.4. The van der Waals surface area contributed by atoms with Crippen LogP contribution in [0.1, 0.15) is 5.56 Å². The van der Waals surface area contributed by atoms with Crippen molar-refractivity contribution in [1.82, 2.24) is 9.38 Å². The van der Waals surface area contributed by atoms with Crippen molar-refractivity contribution in [3.8, 4) is 11.3 Å². The average molecular weight is 422 g/mol. The van der Waals surface area contributed by atoms with Gasteiger partial charge in [-0.25, -0.2) is 0 Å². The summed E-state index contributed by atoms with van der Waals surface area (Å²) in [4.78, 5) is 4.65. The molecule has 0 unspecified atom stereocenters. The van der Waals surface area contributed by atoms with Gasteiger partial charge in [-0.05, 0) is 42.8 Å². The summed E-state index contributed by atoms with van der Waals surface area (Å²) in [6.07, 6.45) is 1.93. The summed E-state index contributed by atoms with van der Waals surface area (Å²) in [6, 6.07) is 30.3. The van der Waals surface area contributed by atoms with Crippen LogP contribution in [-0.2, 0) is 0 Å². The van der Waals surface area contributed by atoms with Crippen LogP contribution in [0.2, 0.25) is 0 Å². The van der Waals surface area contributed by atoms with Crippen molar-refractivity contribution in [2.75, 3.05) is 0 Å². The molecule has 0 fully saturated rings. The summed E-state index contributed by atoms with van der Waals surface area (Å²) in [5.74, 6) is 0. The minimum absolute atomic E-state index is 0.929. The second kappa shape index (κ2) is 5.90. The molecule has 0 aliphatic heterocycles. The third kappa shape index (κ3) is 2.16. The minimum Gasteiger partial charge on any atom is -0.456 e. The monoisotopic (exact) mass is 422 g/mol. The van der Waals surface area contributed by atoms with Crippen molar-refractivity contribution in [2.24, 2.45) is 0 Å². The number of rotatable bonds is 1. The van der Waals surface area contributed by atoms with Crippen molar-refractivity contribution in [3.05, 3.63) is 96.7 Å². The number of aryl methyl sites for hydroxylation is 1. The maximum absolute atomic E-state index is 6.23. The van der Waals surface area contributed by atoms with Crippen LogP contribution >= 0.6 is 0 Å². The molecule has 4 aromatic carbocycles. The molecule has 0 amide bonds. The molecule has 8 aromatic rings. The third-order valence-electron chi connectivity index (χ3n) is 7.02. The molecular weight excluding hydrogens is 404 g/mol. The van der Waals surface area contributed by atoms with E-state index in [1.54, 1.807) is 0 Å². The first-order valence-corrected chi connectivity index (χ1v) is 11.2. The van der Waals surface area contributed by atoms with E-state index in [1.165, 1.54) is 54.4 Å². The largest absolute Gasteiger partial charge is 0.456 e. The Kier molecular flexibility index (Phi) is 3.08. The minimum atomic E-state index is 0.929. The molecule has 0 atom stereocenters. The molecular formula is C30H18N2O. The predicted molar refractivity (Wildman–Crippen MR) is 136 cm³/mol. The van der Waals surface area contributed by atoms with Crippen LogP contribution in [0.25, 0.3) is 71.3 Å². The van der Waals surface area contributed by atoms with Gasteiger partial charge < -0.3 is 8.82 Å². The topological polar surface area (TPSA) is 30.4 Å². The van der Waals surface area contributed by atoms with Crippen molar-refractivity contribution in [3.63, 3.8) is 0 Å². The van der Waals surface area contributed by atoms with Gasteiger partial charge in [0.15, 0.2) is 0 Å². The first-order chi connectivity index (χ1) is 16.3. The third-order valence-corrected chi connectivity index (χ3v) is 7.02. The lowest BCUT2D eigenvalue weighted by molar-refractivity contribution is 0.669. The lowest BCUT2D eigenvalue weighted by Gasteiger charge is -2.03. The Morgan fingerprint density at radius 1 is 0.636 bits per heavy atom. The van der Waals surface area contributed by atoms with Crippen molar-refractivity contribution in [2.45, 2.75) is 6.92 Å². The summed E-state index contributed by atoms with van der Waals surface area (Å²) in [6.45, 7) is 2.07. The number of fused-ring (bicyclic) bond motifs is 9. The summed E-state index contributed by atoms with van der Waals surface area (Å²) in [5.41, 5.74) is 8.84. The zero-order valence-corrected chi connectivity index (χ0v) is 18.0. The Morgan fingerprint density at radius 2 is 1.45 bits per heavy atom. The van der Waals surface area contributed by atoms with Crippen molar-refractivity contribution < 1.29 is 4.42 Å². The highest BCUT2D eigenvalue weighted by Gasteiger charge is 2.19. The van der Waals surface area contributed by atoms with Gasteiger partial charge in [-0.3, -0.25) is 4.98 Å². The van der Waals surface area contributed by atoms with E-state index in [4.69, 9.17) is 4.42 Å². The van der Waals surface area contributed by atoms with Gasteiger partial charge in [0.25, 0.3) is 0 Å². The van der Waals surface area contributed by atoms with Gasteiger partial charge in [0.05, 0.1) is 22.2 Å². The maximum atomic E-state index is 6.23. The summed E-state index contributed by atoms with van der Waals surface area (Å²) < 4.78 is 8.62. The molecule has 3 nitrogen and oxygen atoms in total. The Labute approximate surface area is 188 Å².